The molecule has 0 fully saturated rings. The highest BCUT2D eigenvalue weighted by Crippen LogP contribution is 2.31. The lowest BCUT2D eigenvalue weighted by Crippen LogP contribution is -2.21. The lowest BCUT2D eigenvalue weighted by molar-refractivity contribution is 0.476. The van der Waals surface area contributed by atoms with E-state index < -0.39 is 0 Å². The maximum absolute atomic E-state index is 9.95. The molecule has 0 aliphatic carbocycles. The van der Waals surface area contributed by atoms with Crippen molar-refractivity contribution in [3.8, 4) is 5.75 Å². The first kappa shape index (κ1) is 13.1. The molecule has 0 aliphatic heterocycles. The largest absolute Gasteiger partial charge is 0.506 e. The van der Waals surface area contributed by atoms with Crippen LogP contribution in [-0.4, -0.2) is 28.2 Å². The third-order valence-corrected chi connectivity index (χ3v) is 2.82. The SMILES string of the molecule is CCN(CC)c1ccc(N=Nc2ncc[nH]2)c(O)c1. The van der Waals surface area contributed by atoms with Crippen molar-refractivity contribution in [2.45, 2.75) is 13.8 Å². The van der Waals surface area contributed by atoms with Gasteiger partial charge in [-0.1, -0.05) is 0 Å². The first-order chi connectivity index (χ1) is 9.24. The van der Waals surface area contributed by atoms with Crippen LogP contribution < -0.4 is 4.90 Å². The van der Waals surface area contributed by atoms with Crippen LogP contribution in [0, 0.1) is 0 Å². The minimum atomic E-state index is 0.111. The van der Waals surface area contributed by atoms with Crippen LogP contribution in [-0.2, 0) is 0 Å². The molecule has 6 heteroatoms. The van der Waals surface area contributed by atoms with Crippen LogP contribution in [0.15, 0.2) is 40.8 Å². The summed E-state index contributed by atoms with van der Waals surface area (Å²) >= 11 is 0. The van der Waals surface area contributed by atoms with Gasteiger partial charge in [0.05, 0.1) is 0 Å². The summed E-state index contributed by atoms with van der Waals surface area (Å²) < 4.78 is 0. The molecule has 19 heavy (non-hydrogen) atoms. The number of benzene rings is 1. The van der Waals surface area contributed by atoms with Crippen molar-refractivity contribution in [2.24, 2.45) is 10.2 Å². The molecule has 0 saturated heterocycles. The van der Waals surface area contributed by atoms with Gasteiger partial charge in [0, 0.05) is 37.2 Å². The molecule has 1 heterocycles. The number of aromatic nitrogens is 2. The topological polar surface area (TPSA) is 76.9 Å². The second kappa shape index (κ2) is 5.99. The van der Waals surface area contributed by atoms with E-state index in [-0.39, 0.29) is 5.75 Å². The highest BCUT2D eigenvalue weighted by Gasteiger charge is 2.06. The molecule has 0 radical (unpaired) electrons. The van der Waals surface area contributed by atoms with Crippen molar-refractivity contribution < 1.29 is 5.11 Å². The van der Waals surface area contributed by atoms with Gasteiger partial charge in [-0.3, -0.25) is 0 Å². The monoisotopic (exact) mass is 259 g/mol. The zero-order chi connectivity index (χ0) is 13.7. The van der Waals surface area contributed by atoms with Gasteiger partial charge in [-0.25, -0.2) is 4.98 Å². The quantitative estimate of drug-likeness (QED) is 0.808. The average molecular weight is 259 g/mol. The Bertz CT molecular complexity index is 546. The number of azo groups is 1. The van der Waals surface area contributed by atoms with E-state index in [0.29, 0.717) is 11.6 Å². The third-order valence-electron chi connectivity index (χ3n) is 2.82. The van der Waals surface area contributed by atoms with Crippen molar-refractivity contribution in [3.63, 3.8) is 0 Å². The molecule has 2 rings (SSSR count). The summed E-state index contributed by atoms with van der Waals surface area (Å²) in [5.41, 5.74) is 1.40. The normalized spacial score (nSPS) is 11.1. The number of nitrogens with one attached hydrogen (secondary N) is 1. The number of hydrogen-bond acceptors (Lipinski definition) is 5. The van der Waals surface area contributed by atoms with Crippen molar-refractivity contribution in [1.29, 1.82) is 0 Å². The Balaban J connectivity index is 2.20. The fraction of sp³-hybridized carbons (Fsp3) is 0.308. The molecule has 0 saturated carbocycles. The van der Waals surface area contributed by atoms with Gasteiger partial charge in [0.15, 0.2) is 0 Å². The van der Waals surface area contributed by atoms with Crippen molar-refractivity contribution >= 4 is 17.3 Å². The van der Waals surface area contributed by atoms with E-state index >= 15 is 0 Å². The van der Waals surface area contributed by atoms with Gasteiger partial charge in [-0.2, -0.15) is 0 Å². The number of phenols is 1. The molecule has 100 valence electrons. The van der Waals surface area contributed by atoms with Crippen LogP contribution in [0.2, 0.25) is 0 Å². The molecule has 0 amide bonds. The first-order valence-electron chi connectivity index (χ1n) is 6.23. The van der Waals surface area contributed by atoms with Gasteiger partial charge in [-0.15, -0.1) is 10.2 Å². The number of anilines is 1. The number of imidazole rings is 1. The summed E-state index contributed by atoms with van der Waals surface area (Å²) in [7, 11) is 0. The van der Waals surface area contributed by atoms with Gasteiger partial charge in [0.2, 0.25) is 5.95 Å². The highest BCUT2D eigenvalue weighted by molar-refractivity contribution is 5.61. The van der Waals surface area contributed by atoms with E-state index in [1.807, 2.05) is 6.07 Å². The maximum atomic E-state index is 9.95. The predicted molar refractivity (Wildman–Crippen MR) is 74.4 cm³/mol. The maximum Gasteiger partial charge on any atom is 0.246 e. The smallest absolute Gasteiger partial charge is 0.246 e. The van der Waals surface area contributed by atoms with Crippen LogP contribution in [0.4, 0.5) is 17.3 Å². The van der Waals surface area contributed by atoms with E-state index in [1.165, 1.54) is 0 Å². The summed E-state index contributed by atoms with van der Waals surface area (Å²) in [6.45, 7) is 5.93. The zero-order valence-corrected chi connectivity index (χ0v) is 11.0. The van der Waals surface area contributed by atoms with Crippen LogP contribution in [0.1, 0.15) is 13.8 Å². The fourth-order valence-corrected chi connectivity index (χ4v) is 1.79. The number of nitrogens with zero attached hydrogens (tertiary/aromatic N) is 4. The Morgan fingerprint density at radius 1 is 1.26 bits per heavy atom. The van der Waals surface area contributed by atoms with E-state index in [2.05, 4.69) is 38.9 Å². The van der Waals surface area contributed by atoms with Gasteiger partial charge in [-0.05, 0) is 26.0 Å². The highest BCUT2D eigenvalue weighted by atomic mass is 16.3. The summed E-state index contributed by atoms with van der Waals surface area (Å²) in [5, 5.41) is 17.8. The molecule has 0 aliphatic rings. The summed E-state index contributed by atoms with van der Waals surface area (Å²) in [5.74, 6) is 0.520. The first-order valence-corrected chi connectivity index (χ1v) is 6.23. The van der Waals surface area contributed by atoms with Crippen LogP contribution >= 0.6 is 0 Å². The molecular weight excluding hydrogens is 242 g/mol. The van der Waals surface area contributed by atoms with E-state index in [0.717, 1.165) is 18.8 Å². The number of rotatable bonds is 5. The zero-order valence-electron chi connectivity index (χ0n) is 11.0. The van der Waals surface area contributed by atoms with Crippen LogP contribution in [0.3, 0.4) is 0 Å². The number of hydrogen-bond donors (Lipinski definition) is 2. The second-order valence-electron chi connectivity index (χ2n) is 3.96. The minimum absolute atomic E-state index is 0.111. The van der Waals surface area contributed by atoms with Gasteiger partial charge >= 0.3 is 0 Å². The van der Waals surface area contributed by atoms with Crippen molar-refractivity contribution in [2.75, 3.05) is 18.0 Å². The average Bonchev–Trinajstić information content (AvgIpc) is 2.92. The van der Waals surface area contributed by atoms with E-state index in [4.69, 9.17) is 0 Å². The lowest BCUT2D eigenvalue weighted by Gasteiger charge is -2.21. The van der Waals surface area contributed by atoms with E-state index in [1.54, 1.807) is 24.5 Å². The van der Waals surface area contributed by atoms with Crippen LogP contribution in [0.5, 0.6) is 5.75 Å². The van der Waals surface area contributed by atoms with Crippen LogP contribution in [0.25, 0.3) is 0 Å². The molecule has 0 bridgehead atoms. The molecule has 1 aromatic carbocycles. The Morgan fingerprint density at radius 2 is 2.05 bits per heavy atom. The molecule has 6 nitrogen and oxygen atoms in total. The summed E-state index contributed by atoms with van der Waals surface area (Å²) in [6.07, 6.45) is 3.26. The standard InChI is InChI=1S/C13H17N5O/c1-3-18(4-2)10-5-6-11(12(19)9-10)16-17-13-14-7-8-15-13/h5-9,19H,3-4H2,1-2H3,(H,14,15). The Kier molecular flexibility index (Phi) is 4.12. The van der Waals surface area contributed by atoms with Gasteiger partial charge in [0.1, 0.15) is 11.4 Å². The van der Waals surface area contributed by atoms with Gasteiger partial charge < -0.3 is 15.0 Å². The molecule has 0 unspecified atom stereocenters. The van der Waals surface area contributed by atoms with Crippen molar-refractivity contribution in [3.05, 3.63) is 30.6 Å². The third kappa shape index (κ3) is 3.09. The van der Waals surface area contributed by atoms with Crippen molar-refractivity contribution in [1.82, 2.24) is 9.97 Å². The van der Waals surface area contributed by atoms with E-state index in [9.17, 15) is 5.11 Å². The molecule has 0 atom stereocenters. The number of phenolic OH excluding ortho intramolecular Hbond substituents is 1. The Labute approximate surface area is 111 Å². The predicted octanol–water partition coefficient (Wildman–Crippen LogP) is 3.38. The number of H-pyrrole nitrogens is 1. The lowest BCUT2D eigenvalue weighted by atomic mass is 10.2. The number of aromatic amines is 1. The molecule has 2 aromatic rings. The molecule has 0 spiro atoms. The Hall–Kier alpha value is -2.37. The van der Waals surface area contributed by atoms with Gasteiger partial charge in [0.25, 0.3) is 0 Å². The minimum Gasteiger partial charge on any atom is -0.506 e. The Morgan fingerprint density at radius 3 is 2.63 bits per heavy atom. The summed E-state index contributed by atoms with van der Waals surface area (Å²) in [6, 6.07) is 5.36. The fourth-order valence-electron chi connectivity index (χ4n) is 1.79. The molecule has 2 N–H and O–H groups in total. The molecule has 1 aromatic heterocycles. The second-order valence-corrected chi connectivity index (χ2v) is 3.96. The molecular formula is C13H17N5O. The summed E-state index contributed by atoms with van der Waals surface area (Å²) in [4.78, 5) is 8.89. The number of aromatic hydroxyl groups is 1.